The van der Waals surface area contributed by atoms with E-state index in [0.29, 0.717) is 18.0 Å². The summed E-state index contributed by atoms with van der Waals surface area (Å²) in [5, 5.41) is 9.44. The van der Waals surface area contributed by atoms with Crippen molar-refractivity contribution in [3.63, 3.8) is 0 Å². The van der Waals surface area contributed by atoms with Crippen molar-refractivity contribution in [1.82, 2.24) is 10.0 Å². The van der Waals surface area contributed by atoms with Crippen LogP contribution in [0.3, 0.4) is 0 Å². The fourth-order valence-corrected chi connectivity index (χ4v) is 1.05. The molecule has 0 aromatic carbocycles. The van der Waals surface area contributed by atoms with E-state index in [1.165, 1.54) is 0 Å². The number of hydrogen-bond donors (Lipinski definition) is 1. The highest BCUT2D eigenvalue weighted by molar-refractivity contribution is 5.44. The second-order valence-electron chi connectivity index (χ2n) is 2.73. The number of hydroxylamine groups is 2. The summed E-state index contributed by atoms with van der Waals surface area (Å²) in [4.78, 5) is 13.9. The molecular formula is C11H18N2O2. The molecule has 0 aliphatic carbocycles. The maximum atomic E-state index is 10.0. The van der Waals surface area contributed by atoms with Gasteiger partial charge in [0.05, 0.1) is 0 Å². The number of aromatic nitrogens is 1. The lowest BCUT2D eigenvalue weighted by atomic mass is 10.1. The van der Waals surface area contributed by atoms with Gasteiger partial charge in [-0.05, 0) is 30.5 Å². The van der Waals surface area contributed by atoms with Crippen LogP contribution in [0.1, 0.15) is 25.8 Å². The standard InChI is InChI=1S/C9H12N2O2.C2H6/c12-8-11(13)7-1-2-9-3-5-10-6-4-9;1-2/h3-6,8,13H,1-2,7H2;1-2H3. The predicted octanol–water partition coefficient (Wildman–Crippen LogP) is 1.89. The Kier molecular flexibility index (Phi) is 8.28. The number of nitrogens with zero attached hydrogens (tertiary/aromatic N) is 2. The van der Waals surface area contributed by atoms with Crippen LogP contribution in [0.5, 0.6) is 0 Å². The molecule has 1 aromatic rings. The van der Waals surface area contributed by atoms with Gasteiger partial charge in [-0.15, -0.1) is 0 Å². The molecule has 0 saturated carbocycles. The normalized spacial score (nSPS) is 8.73. The lowest BCUT2D eigenvalue weighted by Crippen LogP contribution is -2.18. The molecule has 0 radical (unpaired) electrons. The minimum Gasteiger partial charge on any atom is -0.286 e. The summed E-state index contributed by atoms with van der Waals surface area (Å²) in [5.74, 6) is 0. The fraction of sp³-hybridized carbons (Fsp3) is 0.455. The zero-order valence-corrected chi connectivity index (χ0v) is 9.26. The highest BCUT2D eigenvalue weighted by Gasteiger charge is 1.96. The zero-order chi connectivity index (χ0) is 11.5. The van der Waals surface area contributed by atoms with Crippen LogP contribution < -0.4 is 0 Å². The van der Waals surface area contributed by atoms with Gasteiger partial charge < -0.3 is 0 Å². The summed E-state index contributed by atoms with van der Waals surface area (Å²) in [5.41, 5.74) is 1.16. The third-order valence-corrected chi connectivity index (χ3v) is 1.72. The highest BCUT2D eigenvalue weighted by atomic mass is 16.5. The van der Waals surface area contributed by atoms with E-state index in [1.807, 2.05) is 26.0 Å². The quantitative estimate of drug-likeness (QED) is 0.458. The molecule has 0 aliphatic rings. The number of pyridine rings is 1. The van der Waals surface area contributed by atoms with Gasteiger partial charge in [-0.25, -0.2) is 5.06 Å². The molecule has 0 aliphatic heterocycles. The third kappa shape index (κ3) is 6.62. The summed E-state index contributed by atoms with van der Waals surface area (Å²) < 4.78 is 0. The Morgan fingerprint density at radius 3 is 2.53 bits per heavy atom. The van der Waals surface area contributed by atoms with Gasteiger partial charge in [0.25, 0.3) is 0 Å². The first kappa shape index (κ1) is 13.6. The van der Waals surface area contributed by atoms with Crippen LogP contribution in [0, 0.1) is 0 Å². The molecule has 0 fully saturated rings. The Morgan fingerprint density at radius 2 is 2.00 bits per heavy atom. The first-order chi connectivity index (χ1) is 7.33. The number of carbonyl (C=O) groups is 1. The molecule has 0 spiro atoms. The predicted molar refractivity (Wildman–Crippen MR) is 58.5 cm³/mol. The molecule has 0 unspecified atom stereocenters. The van der Waals surface area contributed by atoms with Gasteiger partial charge in [0.1, 0.15) is 0 Å². The van der Waals surface area contributed by atoms with Gasteiger partial charge in [0, 0.05) is 18.9 Å². The van der Waals surface area contributed by atoms with Crippen molar-refractivity contribution in [3.05, 3.63) is 30.1 Å². The van der Waals surface area contributed by atoms with Gasteiger partial charge in [0.2, 0.25) is 6.41 Å². The SMILES string of the molecule is CC.O=CN(O)CCCc1ccncc1. The molecule has 84 valence electrons. The molecule has 0 saturated heterocycles. The van der Waals surface area contributed by atoms with Crippen molar-refractivity contribution in [2.75, 3.05) is 6.54 Å². The zero-order valence-electron chi connectivity index (χ0n) is 9.26. The van der Waals surface area contributed by atoms with Crippen LogP contribution in [0.4, 0.5) is 0 Å². The monoisotopic (exact) mass is 210 g/mol. The maximum Gasteiger partial charge on any atom is 0.233 e. The highest BCUT2D eigenvalue weighted by Crippen LogP contribution is 2.00. The third-order valence-electron chi connectivity index (χ3n) is 1.72. The fourth-order valence-electron chi connectivity index (χ4n) is 1.05. The van der Waals surface area contributed by atoms with Gasteiger partial charge >= 0.3 is 0 Å². The van der Waals surface area contributed by atoms with Gasteiger partial charge in [-0.1, -0.05) is 13.8 Å². The number of amides is 1. The van der Waals surface area contributed by atoms with E-state index in [-0.39, 0.29) is 0 Å². The number of aryl methyl sites for hydroxylation is 1. The molecule has 0 atom stereocenters. The number of rotatable bonds is 5. The van der Waals surface area contributed by atoms with Gasteiger partial charge in [0.15, 0.2) is 0 Å². The average Bonchev–Trinajstić information content (AvgIpc) is 2.33. The molecule has 1 heterocycles. The molecule has 4 heteroatoms. The molecule has 1 N–H and O–H groups in total. The lowest BCUT2D eigenvalue weighted by molar-refractivity contribution is -0.149. The van der Waals surface area contributed by atoms with E-state index in [9.17, 15) is 4.79 Å². The van der Waals surface area contributed by atoms with Crippen molar-refractivity contribution in [1.29, 1.82) is 0 Å². The topological polar surface area (TPSA) is 53.4 Å². The molecule has 1 rings (SSSR count). The molecule has 1 aromatic heterocycles. The van der Waals surface area contributed by atoms with Gasteiger partial charge in [-0.3, -0.25) is 15.0 Å². The second kappa shape index (κ2) is 9.15. The van der Waals surface area contributed by atoms with Crippen molar-refractivity contribution in [2.24, 2.45) is 0 Å². The van der Waals surface area contributed by atoms with E-state index in [2.05, 4.69) is 4.98 Å². The summed E-state index contributed by atoms with van der Waals surface area (Å²) >= 11 is 0. The van der Waals surface area contributed by atoms with E-state index in [0.717, 1.165) is 18.4 Å². The second-order valence-corrected chi connectivity index (χ2v) is 2.73. The Morgan fingerprint density at radius 1 is 1.40 bits per heavy atom. The Hall–Kier alpha value is -1.42. The van der Waals surface area contributed by atoms with Crippen molar-refractivity contribution < 1.29 is 10.0 Å². The molecule has 4 nitrogen and oxygen atoms in total. The van der Waals surface area contributed by atoms with E-state index in [4.69, 9.17) is 5.21 Å². The minimum atomic E-state index is 0.367. The Labute approximate surface area is 90.5 Å². The summed E-state index contributed by atoms with van der Waals surface area (Å²) in [6.45, 7) is 4.37. The average molecular weight is 210 g/mol. The molecule has 15 heavy (non-hydrogen) atoms. The van der Waals surface area contributed by atoms with Crippen molar-refractivity contribution >= 4 is 6.41 Å². The van der Waals surface area contributed by atoms with Crippen LogP contribution in [-0.4, -0.2) is 28.2 Å². The van der Waals surface area contributed by atoms with E-state index in [1.54, 1.807) is 12.4 Å². The largest absolute Gasteiger partial charge is 0.286 e. The smallest absolute Gasteiger partial charge is 0.233 e. The van der Waals surface area contributed by atoms with Crippen LogP contribution in [0.15, 0.2) is 24.5 Å². The first-order valence-corrected chi connectivity index (χ1v) is 5.12. The van der Waals surface area contributed by atoms with Crippen LogP contribution in [0.25, 0.3) is 0 Å². The number of carbonyl (C=O) groups excluding carboxylic acids is 1. The van der Waals surface area contributed by atoms with Crippen molar-refractivity contribution in [3.8, 4) is 0 Å². The van der Waals surface area contributed by atoms with Gasteiger partial charge in [-0.2, -0.15) is 0 Å². The van der Waals surface area contributed by atoms with Crippen LogP contribution >= 0.6 is 0 Å². The Bertz CT molecular complexity index is 252. The van der Waals surface area contributed by atoms with Crippen molar-refractivity contribution in [2.45, 2.75) is 26.7 Å². The van der Waals surface area contributed by atoms with E-state index < -0.39 is 0 Å². The summed E-state index contributed by atoms with van der Waals surface area (Å²) in [6.07, 6.45) is 5.46. The first-order valence-electron chi connectivity index (χ1n) is 5.12. The lowest BCUT2D eigenvalue weighted by Gasteiger charge is -2.07. The Balaban J connectivity index is 0.000000921. The summed E-state index contributed by atoms with van der Waals surface area (Å²) in [7, 11) is 0. The molecular weight excluding hydrogens is 192 g/mol. The van der Waals surface area contributed by atoms with Crippen LogP contribution in [-0.2, 0) is 11.2 Å². The maximum absolute atomic E-state index is 10.0. The minimum absolute atomic E-state index is 0.367. The summed E-state index contributed by atoms with van der Waals surface area (Å²) in [6, 6.07) is 3.84. The van der Waals surface area contributed by atoms with Crippen LogP contribution in [0.2, 0.25) is 0 Å². The number of hydrogen-bond acceptors (Lipinski definition) is 3. The molecule has 0 bridgehead atoms. The molecule has 1 amide bonds. The van der Waals surface area contributed by atoms with E-state index >= 15 is 0 Å².